The molecule has 4 unspecified atom stereocenters. The average molecular weight is 316 g/mol. The Bertz CT molecular complexity index is 208. The van der Waals surface area contributed by atoms with Crippen molar-refractivity contribution < 1.29 is 26.3 Å². The predicted octanol–water partition coefficient (Wildman–Crippen LogP) is 4.25. The van der Waals surface area contributed by atoms with Crippen molar-refractivity contribution in [2.24, 2.45) is 0 Å². The molecule has 0 radical (unpaired) electrons. The Labute approximate surface area is 99.4 Å². The van der Waals surface area contributed by atoms with Crippen LogP contribution in [0.2, 0.25) is 0 Å². The quantitative estimate of drug-likeness (QED) is 0.463. The summed E-state index contributed by atoms with van der Waals surface area (Å²) in [6.07, 6.45) is 0. The highest BCUT2D eigenvalue weighted by atomic mass is 35.5. The molecule has 10 heteroatoms. The average Bonchev–Trinajstić information content (AvgIpc) is 2.04. The van der Waals surface area contributed by atoms with Crippen molar-refractivity contribution in [3.05, 3.63) is 0 Å². The lowest BCUT2D eigenvalue weighted by Gasteiger charge is -2.27. The first-order valence-corrected chi connectivity index (χ1v) is 4.65. The van der Waals surface area contributed by atoms with Gasteiger partial charge in [-0.15, -0.1) is 0 Å². The molecule has 1 rings (SSSR count). The minimum absolute atomic E-state index is 4.35. The Hall–Kier alpha value is 0.740. The molecule has 0 bridgehead atoms. The summed E-state index contributed by atoms with van der Waals surface area (Å²) in [7, 11) is 0. The lowest BCUT2D eigenvalue weighted by molar-refractivity contribution is -0.143. The fraction of sp³-hybridized carbons (Fsp3) is 1.00. The van der Waals surface area contributed by atoms with Crippen molar-refractivity contribution in [2.45, 2.75) is 26.4 Å². The molecule has 0 spiro atoms. The second-order valence-corrected chi connectivity index (χ2v) is 4.96. The molecular weight excluding hydrogens is 316 g/mol. The molecular formula is C5Cl4F6. The van der Waals surface area contributed by atoms with Crippen LogP contribution in [0.4, 0.5) is 26.3 Å². The van der Waals surface area contributed by atoms with Crippen molar-refractivity contribution in [3.8, 4) is 0 Å². The van der Waals surface area contributed by atoms with E-state index in [0.29, 0.717) is 0 Å². The van der Waals surface area contributed by atoms with Gasteiger partial charge in [0.15, 0.2) is 0 Å². The minimum atomic E-state index is -5.46. The Morgan fingerprint density at radius 1 is 0.467 bits per heavy atom. The lowest BCUT2D eigenvalue weighted by Crippen LogP contribution is -2.49. The molecule has 4 atom stereocenters. The zero-order valence-corrected chi connectivity index (χ0v) is 9.30. The van der Waals surface area contributed by atoms with Gasteiger partial charge >= 0.3 is 16.2 Å². The van der Waals surface area contributed by atoms with E-state index in [1.54, 1.807) is 0 Å². The topological polar surface area (TPSA) is 0 Å². The third-order valence-electron chi connectivity index (χ3n) is 1.97. The highest BCUT2D eigenvalue weighted by Crippen LogP contribution is 2.72. The van der Waals surface area contributed by atoms with Crippen LogP contribution in [0.3, 0.4) is 0 Å². The van der Waals surface area contributed by atoms with Crippen molar-refractivity contribution >= 4 is 46.4 Å². The Balaban J connectivity index is 3.55. The van der Waals surface area contributed by atoms with Crippen LogP contribution in [-0.4, -0.2) is 26.4 Å². The van der Waals surface area contributed by atoms with Crippen LogP contribution in [0.5, 0.6) is 0 Å². The van der Waals surface area contributed by atoms with E-state index in [9.17, 15) is 26.3 Å². The maximum atomic E-state index is 13.1. The van der Waals surface area contributed by atoms with Gasteiger partial charge in [0.1, 0.15) is 0 Å². The van der Waals surface area contributed by atoms with Crippen LogP contribution < -0.4 is 0 Å². The summed E-state index contributed by atoms with van der Waals surface area (Å²) in [5, 5.41) is -19.3. The van der Waals surface area contributed by atoms with Crippen LogP contribution in [0.25, 0.3) is 0 Å². The van der Waals surface area contributed by atoms with E-state index in [1.165, 1.54) is 0 Å². The Kier molecular flexibility index (Phi) is 2.71. The van der Waals surface area contributed by atoms with Crippen LogP contribution in [-0.2, 0) is 0 Å². The number of alkyl halides is 10. The molecule has 0 nitrogen and oxygen atoms in total. The molecule has 0 aromatic rings. The van der Waals surface area contributed by atoms with Gasteiger partial charge in [0, 0.05) is 0 Å². The Morgan fingerprint density at radius 3 is 0.733 bits per heavy atom. The standard InChI is InChI=1S/C5Cl4F6/c6-1(10)2(7,11)4(9,13)5(14,15)3(1,8)12. The van der Waals surface area contributed by atoms with Crippen LogP contribution in [0.1, 0.15) is 0 Å². The van der Waals surface area contributed by atoms with E-state index < -0.39 is 26.4 Å². The molecule has 1 aliphatic rings. The van der Waals surface area contributed by atoms with E-state index in [2.05, 4.69) is 46.4 Å². The highest BCUT2D eigenvalue weighted by Gasteiger charge is 2.96. The molecule has 0 aromatic heterocycles. The molecule has 0 N–H and O–H groups in total. The van der Waals surface area contributed by atoms with E-state index in [-0.39, 0.29) is 0 Å². The molecule has 15 heavy (non-hydrogen) atoms. The molecule has 90 valence electrons. The molecule has 0 aromatic carbocycles. The SMILES string of the molecule is FC1(F)C(F)(Cl)C(F)(Cl)C(F)(Cl)C1(F)Cl. The summed E-state index contributed by atoms with van der Waals surface area (Å²) in [6, 6.07) is 0. The summed E-state index contributed by atoms with van der Waals surface area (Å²) in [5.41, 5.74) is 0. The van der Waals surface area contributed by atoms with E-state index >= 15 is 0 Å². The van der Waals surface area contributed by atoms with Crippen molar-refractivity contribution in [1.82, 2.24) is 0 Å². The largest absolute Gasteiger partial charge is 0.351 e. The van der Waals surface area contributed by atoms with Crippen molar-refractivity contribution in [1.29, 1.82) is 0 Å². The van der Waals surface area contributed by atoms with Gasteiger partial charge in [0.2, 0.25) is 0 Å². The molecule has 1 saturated carbocycles. The van der Waals surface area contributed by atoms with Gasteiger partial charge in [0.25, 0.3) is 10.3 Å². The van der Waals surface area contributed by atoms with Crippen LogP contribution in [0.15, 0.2) is 0 Å². The lowest BCUT2D eigenvalue weighted by atomic mass is 10.2. The van der Waals surface area contributed by atoms with Crippen LogP contribution >= 0.6 is 46.4 Å². The number of hydrogen-bond acceptors (Lipinski definition) is 0. The summed E-state index contributed by atoms with van der Waals surface area (Å²) >= 11 is 17.6. The molecule has 1 fully saturated rings. The first-order valence-electron chi connectivity index (χ1n) is 3.14. The minimum Gasteiger partial charge on any atom is -0.216 e. The zero-order valence-electron chi connectivity index (χ0n) is 6.28. The first-order chi connectivity index (χ1) is 6.25. The van der Waals surface area contributed by atoms with Gasteiger partial charge in [-0.2, -0.15) is 8.78 Å². The molecule has 0 aliphatic heterocycles. The monoisotopic (exact) mass is 314 g/mol. The van der Waals surface area contributed by atoms with Gasteiger partial charge in [-0.25, -0.2) is 17.6 Å². The molecule has 1 aliphatic carbocycles. The zero-order chi connectivity index (χ0) is 12.5. The second-order valence-electron chi connectivity index (χ2n) is 2.87. The normalized spacial score (nSPS) is 59.6. The summed E-state index contributed by atoms with van der Waals surface area (Å²) < 4.78 is 77.9. The highest BCUT2D eigenvalue weighted by molar-refractivity contribution is 6.45. The van der Waals surface area contributed by atoms with E-state index in [4.69, 9.17) is 0 Å². The maximum Gasteiger partial charge on any atom is 0.351 e. The first kappa shape index (κ1) is 13.8. The third kappa shape index (κ3) is 1.14. The smallest absolute Gasteiger partial charge is 0.216 e. The second kappa shape index (κ2) is 2.94. The Morgan fingerprint density at radius 2 is 0.667 bits per heavy atom. The third-order valence-corrected chi connectivity index (χ3v) is 4.30. The fourth-order valence-electron chi connectivity index (χ4n) is 0.986. The van der Waals surface area contributed by atoms with Gasteiger partial charge in [-0.1, -0.05) is 46.4 Å². The van der Waals surface area contributed by atoms with Gasteiger partial charge in [0.05, 0.1) is 0 Å². The fourth-order valence-corrected chi connectivity index (χ4v) is 2.15. The van der Waals surface area contributed by atoms with Gasteiger partial charge in [-0.3, -0.25) is 0 Å². The predicted molar refractivity (Wildman–Crippen MR) is 43.7 cm³/mol. The maximum absolute atomic E-state index is 13.1. The van der Waals surface area contributed by atoms with Gasteiger partial charge < -0.3 is 0 Å². The van der Waals surface area contributed by atoms with E-state index in [1.807, 2.05) is 0 Å². The molecule has 0 amide bonds. The molecule has 0 saturated heterocycles. The van der Waals surface area contributed by atoms with Crippen LogP contribution in [0, 0.1) is 0 Å². The summed E-state index contributed by atoms with van der Waals surface area (Å²) in [5.74, 6) is -5.46. The number of halogens is 10. The van der Waals surface area contributed by atoms with E-state index in [0.717, 1.165) is 0 Å². The summed E-state index contributed by atoms with van der Waals surface area (Å²) in [6.45, 7) is 0. The number of hydrogen-bond donors (Lipinski definition) is 0. The van der Waals surface area contributed by atoms with Crippen molar-refractivity contribution in [3.63, 3.8) is 0 Å². The molecule has 0 heterocycles. The summed E-state index contributed by atoms with van der Waals surface area (Å²) in [4.78, 5) is 0. The number of rotatable bonds is 0. The van der Waals surface area contributed by atoms with Crippen molar-refractivity contribution in [2.75, 3.05) is 0 Å². The van der Waals surface area contributed by atoms with Gasteiger partial charge in [-0.05, 0) is 0 Å².